The summed E-state index contributed by atoms with van der Waals surface area (Å²) in [6.45, 7) is 3.48. The molecule has 0 N–H and O–H groups in total. The van der Waals surface area contributed by atoms with E-state index in [9.17, 15) is 8.60 Å². The van der Waals surface area contributed by atoms with Crippen molar-refractivity contribution >= 4 is 23.3 Å². The van der Waals surface area contributed by atoms with Gasteiger partial charge >= 0.3 is 0 Å². The Morgan fingerprint density at radius 2 is 2.33 bits per heavy atom. The fourth-order valence-corrected chi connectivity index (χ4v) is 1.93. The van der Waals surface area contributed by atoms with Crippen LogP contribution in [-0.2, 0) is 21.7 Å². The van der Waals surface area contributed by atoms with Crippen LogP contribution in [0.2, 0.25) is 0 Å². The van der Waals surface area contributed by atoms with Crippen LogP contribution in [0.3, 0.4) is 0 Å². The first-order chi connectivity index (χ1) is 5.56. The summed E-state index contributed by atoms with van der Waals surface area (Å²) in [6, 6.07) is 1.38. The Labute approximate surface area is 78.1 Å². The zero-order valence-electron chi connectivity index (χ0n) is 6.70. The van der Waals surface area contributed by atoms with Gasteiger partial charge in [0, 0.05) is 10.3 Å². The summed E-state index contributed by atoms with van der Waals surface area (Å²) in [5, 5.41) is 1.39. The van der Waals surface area contributed by atoms with E-state index < -0.39 is 5.60 Å². The van der Waals surface area contributed by atoms with Gasteiger partial charge in [-0.05, 0) is 19.9 Å². The lowest BCUT2D eigenvalue weighted by Gasteiger charge is -2.18. The third-order valence-electron chi connectivity index (χ3n) is 1.43. The van der Waals surface area contributed by atoms with Crippen molar-refractivity contribution in [3.8, 4) is 0 Å². The summed E-state index contributed by atoms with van der Waals surface area (Å²) < 4.78 is 27.6. The van der Waals surface area contributed by atoms with Crippen molar-refractivity contribution in [3.63, 3.8) is 0 Å². The van der Waals surface area contributed by atoms with Gasteiger partial charge in [0.15, 0.2) is 0 Å². The maximum absolute atomic E-state index is 12.6. The van der Waals surface area contributed by atoms with Gasteiger partial charge < -0.3 is 0 Å². The molecule has 2 nitrogen and oxygen atoms in total. The van der Waals surface area contributed by atoms with Crippen molar-refractivity contribution in [1.82, 2.24) is 0 Å². The third kappa shape index (κ3) is 2.12. The Kier molecular flexibility index (Phi) is 2.98. The van der Waals surface area contributed by atoms with Gasteiger partial charge in [-0.3, -0.25) is 4.18 Å². The van der Waals surface area contributed by atoms with Crippen LogP contribution < -0.4 is 0 Å². The first-order valence-electron chi connectivity index (χ1n) is 3.31. The molecule has 0 radical (unpaired) electrons. The van der Waals surface area contributed by atoms with E-state index in [0.29, 0.717) is 0 Å². The Bertz CT molecular complexity index is 283. The molecule has 0 fully saturated rings. The predicted octanol–water partition coefficient (Wildman–Crippen LogP) is 2.00. The highest BCUT2D eigenvalue weighted by atomic mass is 32.2. The summed E-state index contributed by atoms with van der Waals surface area (Å²) in [5.74, 6) is -0.283. The van der Waals surface area contributed by atoms with Gasteiger partial charge in [-0.25, -0.2) is 8.60 Å². The molecule has 0 spiro atoms. The Morgan fingerprint density at radius 1 is 1.67 bits per heavy atom. The van der Waals surface area contributed by atoms with Crippen LogP contribution in [0.25, 0.3) is 0 Å². The minimum atomic E-state index is -0.682. The van der Waals surface area contributed by atoms with Crippen LogP contribution in [0.15, 0.2) is 11.4 Å². The highest BCUT2D eigenvalue weighted by Crippen LogP contribution is 2.29. The van der Waals surface area contributed by atoms with Gasteiger partial charge in [0.2, 0.25) is 0 Å². The molecule has 1 aromatic rings. The molecule has 1 rings (SSSR count). The normalized spacial score (nSPS) is 11.9. The predicted molar refractivity (Wildman–Crippen MR) is 47.9 cm³/mol. The first kappa shape index (κ1) is 9.83. The molecule has 0 atom stereocenters. The number of thiol groups is 1. The molecule has 0 aliphatic rings. The van der Waals surface area contributed by atoms with E-state index in [1.165, 1.54) is 22.8 Å². The van der Waals surface area contributed by atoms with Gasteiger partial charge in [-0.2, -0.15) is 0 Å². The molecule has 5 heteroatoms. The highest BCUT2D eigenvalue weighted by Gasteiger charge is 2.23. The molecule has 1 aromatic heterocycles. The van der Waals surface area contributed by atoms with Crippen LogP contribution in [0.5, 0.6) is 0 Å². The van der Waals surface area contributed by atoms with E-state index in [0.717, 1.165) is 4.88 Å². The minimum Gasteiger partial charge on any atom is -0.281 e. The maximum Gasteiger partial charge on any atom is 0.142 e. The maximum atomic E-state index is 12.6. The lowest BCUT2D eigenvalue weighted by molar-refractivity contribution is 0.139. The Balaban J connectivity index is 2.88. The standard InChI is InChI=1S/C7H9FO2S2/c1-7(2,10-12-9)6-3-5(8)4-11-6/h3-4,12H,1-2H3. The number of halogens is 1. The average molecular weight is 208 g/mol. The Morgan fingerprint density at radius 3 is 2.75 bits per heavy atom. The zero-order chi connectivity index (χ0) is 9.19. The van der Waals surface area contributed by atoms with Gasteiger partial charge in [-0.1, -0.05) is 0 Å². The SMILES string of the molecule is CC(C)(O[SH]=O)c1cc(F)cs1. The van der Waals surface area contributed by atoms with Crippen LogP contribution in [0.4, 0.5) is 4.39 Å². The van der Waals surface area contributed by atoms with E-state index in [2.05, 4.69) is 0 Å². The Hall–Kier alpha value is -0.260. The molecule has 12 heavy (non-hydrogen) atoms. The third-order valence-corrected chi connectivity index (χ3v) is 3.16. The van der Waals surface area contributed by atoms with E-state index in [4.69, 9.17) is 4.18 Å². The minimum absolute atomic E-state index is 0.283. The number of hydrogen-bond donors (Lipinski definition) is 1. The number of hydrogen-bond acceptors (Lipinski definition) is 3. The molecule has 0 saturated heterocycles. The monoisotopic (exact) mass is 208 g/mol. The van der Waals surface area contributed by atoms with Crippen LogP contribution in [0, 0.1) is 5.82 Å². The van der Waals surface area contributed by atoms with E-state index in [1.54, 1.807) is 13.8 Å². The van der Waals surface area contributed by atoms with E-state index in [1.807, 2.05) is 0 Å². The second-order valence-electron chi connectivity index (χ2n) is 2.81. The topological polar surface area (TPSA) is 26.3 Å². The molecule has 68 valence electrons. The largest absolute Gasteiger partial charge is 0.281 e. The van der Waals surface area contributed by atoms with E-state index >= 15 is 0 Å². The summed E-state index contributed by atoms with van der Waals surface area (Å²) in [6.07, 6.45) is 0. The second-order valence-corrected chi connectivity index (χ2v) is 4.05. The molecule has 1 heterocycles. The first-order valence-corrected chi connectivity index (χ1v) is 4.92. The molecule has 0 aromatic carbocycles. The zero-order valence-corrected chi connectivity index (χ0v) is 8.42. The fraction of sp³-hybridized carbons (Fsp3) is 0.429. The molecular formula is C7H9FO2S2. The number of rotatable bonds is 3. The van der Waals surface area contributed by atoms with Gasteiger partial charge in [-0.15, -0.1) is 11.3 Å². The summed E-state index contributed by atoms with van der Waals surface area (Å²) in [7, 11) is 0. The van der Waals surface area contributed by atoms with Crippen molar-refractivity contribution in [2.24, 2.45) is 0 Å². The molecule has 0 saturated carbocycles. The molecule has 0 amide bonds. The van der Waals surface area contributed by atoms with Crippen molar-refractivity contribution in [1.29, 1.82) is 0 Å². The summed E-state index contributed by atoms with van der Waals surface area (Å²) >= 11 is 0.866. The summed E-state index contributed by atoms with van der Waals surface area (Å²) in [5.41, 5.74) is -0.682. The smallest absolute Gasteiger partial charge is 0.142 e. The van der Waals surface area contributed by atoms with Crippen LogP contribution >= 0.6 is 11.3 Å². The van der Waals surface area contributed by atoms with Crippen LogP contribution in [0.1, 0.15) is 18.7 Å². The highest BCUT2D eigenvalue weighted by molar-refractivity contribution is 7.60. The van der Waals surface area contributed by atoms with Gasteiger partial charge in [0.25, 0.3) is 0 Å². The molecular weight excluding hydrogens is 199 g/mol. The van der Waals surface area contributed by atoms with Gasteiger partial charge in [0.05, 0.1) is 0 Å². The number of thiophene rings is 1. The van der Waals surface area contributed by atoms with Crippen LogP contribution in [-0.4, -0.2) is 4.21 Å². The second kappa shape index (κ2) is 3.64. The quantitative estimate of drug-likeness (QED) is 0.769. The molecule has 0 unspecified atom stereocenters. The average Bonchev–Trinajstić information content (AvgIpc) is 2.36. The van der Waals surface area contributed by atoms with Gasteiger partial charge in [0.1, 0.15) is 23.4 Å². The molecule has 0 bridgehead atoms. The van der Waals surface area contributed by atoms with Crippen molar-refractivity contribution in [3.05, 3.63) is 22.1 Å². The van der Waals surface area contributed by atoms with Crippen molar-refractivity contribution in [2.75, 3.05) is 0 Å². The summed E-state index contributed by atoms with van der Waals surface area (Å²) in [4.78, 5) is 0.725. The van der Waals surface area contributed by atoms with Crippen molar-refractivity contribution in [2.45, 2.75) is 19.4 Å². The lowest BCUT2D eigenvalue weighted by Crippen LogP contribution is -2.17. The lowest BCUT2D eigenvalue weighted by atomic mass is 10.1. The molecule has 0 aliphatic heterocycles. The van der Waals surface area contributed by atoms with E-state index in [-0.39, 0.29) is 17.8 Å². The van der Waals surface area contributed by atoms with Crippen molar-refractivity contribution < 1.29 is 12.8 Å². The molecule has 0 aliphatic carbocycles. The fourth-order valence-electron chi connectivity index (χ4n) is 0.767.